The van der Waals surface area contributed by atoms with Gasteiger partial charge in [0.2, 0.25) is 11.1 Å². The van der Waals surface area contributed by atoms with E-state index in [1.807, 2.05) is 0 Å². The summed E-state index contributed by atoms with van der Waals surface area (Å²) in [7, 11) is 0. The van der Waals surface area contributed by atoms with Gasteiger partial charge in [-0.2, -0.15) is 5.10 Å². The first-order valence-electron chi connectivity index (χ1n) is 5.75. The molecule has 2 aromatic rings. The van der Waals surface area contributed by atoms with Gasteiger partial charge in [-0.05, 0) is 24.6 Å². The number of aryl methyl sites for hydroxylation is 1. The fraction of sp³-hybridized carbons (Fsp3) is 0.154. The van der Waals surface area contributed by atoms with Crippen molar-refractivity contribution in [3.05, 3.63) is 55.9 Å². The van der Waals surface area contributed by atoms with Gasteiger partial charge in [0, 0.05) is 16.8 Å². The second kappa shape index (κ2) is 5.64. The molecular weight excluding hydrogens is 303 g/mol. The number of hydrogen-bond acceptors (Lipinski definition) is 3. The Kier molecular flexibility index (Phi) is 4.11. The summed E-state index contributed by atoms with van der Waals surface area (Å²) < 4.78 is 1.26. The summed E-state index contributed by atoms with van der Waals surface area (Å²) in [6.07, 6.45) is 1.85. The maximum absolute atomic E-state index is 11.9. The zero-order chi connectivity index (χ0) is 14.9. The van der Waals surface area contributed by atoms with E-state index in [4.69, 9.17) is 28.3 Å². The predicted molar refractivity (Wildman–Crippen MR) is 76.2 cm³/mol. The van der Waals surface area contributed by atoms with Crippen LogP contribution >= 0.6 is 23.2 Å². The van der Waals surface area contributed by atoms with Gasteiger partial charge < -0.3 is 5.11 Å². The largest absolute Gasteiger partial charge is 0.476 e. The van der Waals surface area contributed by atoms with Gasteiger partial charge in [0.15, 0.2) is 0 Å². The van der Waals surface area contributed by atoms with Crippen molar-refractivity contribution >= 4 is 29.2 Å². The Bertz CT molecular complexity index is 741. The molecular formula is C13H10Cl2N2O3. The number of benzene rings is 1. The Hall–Kier alpha value is -1.85. The van der Waals surface area contributed by atoms with E-state index in [1.54, 1.807) is 25.1 Å². The molecule has 0 unspecified atom stereocenters. The highest BCUT2D eigenvalue weighted by Gasteiger charge is 2.16. The maximum Gasteiger partial charge on any atom is 0.360 e. The second-order valence-electron chi connectivity index (χ2n) is 4.03. The average molecular weight is 313 g/mol. The van der Waals surface area contributed by atoms with E-state index in [2.05, 4.69) is 5.10 Å². The van der Waals surface area contributed by atoms with Crippen molar-refractivity contribution in [1.82, 2.24) is 9.78 Å². The van der Waals surface area contributed by atoms with Crippen molar-refractivity contribution in [1.29, 1.82) is 0 Å². The number of nitrogens with zero attached hydrogens (tertiary/aromatic N) is 2. The Labute approximate surface area is 124 Å². The van der Waals surface area contributed by atoms with Crippen molar-refractivity contribution in [2.75, 3.05) is 0 Å². The van der Waals surface area contributed by atoms with Crippen molar-refractivity contribution in [2.24, 2.45) is 0 Å². The van der Waals surface area contributed by atoms with Crippen molar-refractivity contribution in [3.8, 4) is 5.69 Å². The first-order valence-corrected chi connectivity index (χ1v) is 6.51. The third-order valence-corrected chi connectivity index (χ3v) is 3.29. The minimum atomic E-state index is -1.38. The van der Waals surface area contributed by atoms with Crippen LogP contribution in [-0.4, -0.2) is 20.9 Å². The van der Waals surface area contributed by atoms with Crippen LogP contribution in [0.15, 0.2) is 29.2 Å². The summed E-state index contributed by atoms with van der Waals surface area (Å²) in [6, 6.07) is 4.73. The first kappa shape index (κ1) is 14.6. The molecule has 0 saturated heterocycles. The number of rotatable bonds is 3. The lowest BCUT2D eigenvalue weighted by Crippen LogP contribution is -2.24. The molecule has 0 bridgehead atoms. The van der Waals surface area contributed by atoms with Crippen LogP contribution < -0.4 is 5.43 Å². The summed E-state index contributed by atoms with van der Waals surface area (Å²) in [5, 5.41) is 13.6. The molecule has 2 rings (SSSR count). The number of hydrogen-bond donors (Lipinski definition) is 1. The van der Waals surface area contributed by atoms with Gasteiger partial charge >= 0.3 is 5.97 Å². The van der Waals surface area contributed by atoms with Crippen molar-refractivity contribution < 1.29 is 9.90 Å². The molecule has 0 aliphatic heterocycles. The predicted octanol–water partition coefficient (Wildman–Crippen LogP) is 2.80. The minimum Gasteiger partial charge on any atom is -0.476 e. The summed E-state index contributed by atoms with van der Waals surface area (Å²) in [5.41, 5.74) is -0.375. The molecule has 7 heteroatoms. The highest BCUT2D eigenvalue weighted by Crippen LogP contribution is 2.23. The van der Waals surface area contributed by atoms with E-state index >= 15 is 0 Å². The van der Waals surface area contributed by atoms with E-state index in [1.165, 1.54) is 10.9 Å². The minimum absolute atomic E-state index is 0.341. The molecule has 1 aromatic heterocycles. The monoisotopic (exact) mass is 312 g/mol. The summed E-state index contributed by atoms with van der Waals surface area (Å²) >= 11 is 11.9. The lowest BCUT2D eigenvalue weighted by molar-refractivity contribution is 0.0686. The molecule has 1 N–H and O–H groups in total. The molecule has 0 aliphatic rings. The van der Waals surface area contributed by atoms with E-state index in [9.17, 15) is 9.59 Å². The van der Waals surface area contributed by atoms with Gasteiger partial charge in [-0.25, -0.2) is 9.48 Å². The summed E-state index contributed by atoms with van der Waals surface area (Å²) in [6.45, 7) is 1.76. The smallest absolute Gasteiger partial charge is 0.360 e. The second-order valence-corrected chi connectivity index (χ2v) is 4.87. The van der Waals surface area contributed by atoms with Crippen LogP contribution in [0.1, 0.15) is 23.0 Å². The summed E-state index contributed by atoms with van der Waals surface area (Å²) in [5.74, 6) is -1.38. The number of carboxylic acids is 1. The van der Waals surface area contributed by atoms with Crippen LogP contribution in [0.3, 0.4) is 0 Å². The van der Waals surface area contributed by atoms with Crippen LogP contribution in [0, 0.1) is 0 Å². The third-order valence-electron chi connectivity index (χ3n) is 2.73. The zero-order valence-corrected chi connectivity index (χ0v) is 11.9. The highest BCUT2D eigenvalue weighted by atomic mass is 35.5. The maximum atomic E-state index is 11.9. The molecule has 0 saturated carbocycles. The quantitative estimate of drug-likeness (QED) is 0.946. The van der Waals surface area contributed by atoms with Crippen LogP contribution in [0.2, 0.25) is 10.0 Å². The van der Waals surface area contributed by atoms with Crippen LogP contribution in [0.4, 0.5) is 0 Å². The van der Waals surface area contributed by atoms with Crippen LogP contribution in [0.5, 0.6) is 0 Å². The number of carboxylic acid groups (broad SMARTS) is 1. The molecule has 1 heterocycles. The van der Waals surface area contributed by atoms with Gasteiger partial charge in [0.05, 0.1) is 10.7 Å². The number of aromatic carboxylic acids is 1. The van der Waals surface area contributed by atoms with E-state index in [-0.39, 0.29) is 0 Å². The molecule has 1 aromatic carbocycles. The number of carbonyl (C=O) groups is 1. The SMILES string of the molecule is CCc1cn(-c2cc(Cl)ccc2Cl)nc(C(=O)O)c1=O. The van der Waals surface area contributed by atoms with E-state index < -0.39 is 17.1 Å². The Balaban J connectivity index is 2.75. The zero-order valence-electron chi connectivity index (χ0n) is 10.4. The molecule has 0 spiro atoms. The normalized spacial score (nSPS) is 10.6. The molecule has 0 aliphatic carbocycles. The number of halogens is 2. The molecule has 0 radical (unpaired) electrons. The molecule has 0 fully saturated rings. The molecule has 104 valence electrons. The average Bonchev–Trinajstić information content (AvgIpc) is 2.41. The van der Waals surface area contributed by atoms with E-state index in [0.717, 1.165) is 0 Å². The fourth-order valence-electron chi connectivity index (χ4n) is 1.72. The lowest BCUT2D eigenvalue weighted by atomic mass is 10.2. The molecule has 0 atom stereocenters. The van der Waals surface area contributed by atoms with Crippen LogP contribution in [0.25, 0.3) is 5.69 Å². The van der Waals surface area contributed by atoms with Crippen LogP contribution in [-0.2, 0) is 6.42 Å². The van der Waals surface area contributed by atoms with Gasteiger partial charge in [-0.15, -0.1) is 0 Å². The van der Waals surface area contributed by atoms with Crippen molar-refractivity contribution in [3.63, 3.8) is 0 Å². The molecule has 20 heavy (non-hydrogen) atoms. The fourth-order valence-corrected chi connectivity index (χ4v) is 2.09. The third kappa shape index (κ3) is 2.69. The lowest BCUT2D eigenvalue weighted by Gasteiger charge is -2.10. The van der Waals surface area contributed by atoms with Gasteiger partial charge in [0.1, 0.15) is 0 Å². The van der Waals surface area contributed by atoms with Gasteiger partial charge in [-0.1, -0.05) is 30.1 Å². The standard InChI is InChI=1S/C13H10Cl2N2O3/c1-2-7-6-17(16-11(12(7)18)13(19)20)10-5-8(14)3-4-9(10)15/h3-6H,2H2,1H3,(H,19,20). The van der Waals surface area contributed by atoms with Gasteiger partial charge in [0.25, 0.3) is 0 Å². The van der Waals surface area contributed by atoms with Crippen molar-refractivity contribution in [2.45, 2.75) is 13.3 Å². The Morgan fingerprint density at radius 2 is 2.10 bits per heavy atom. The molecule has 5 nitrogen and oxygen atoms in total. The number of aromatic nitrogens is 2. The molecule has 0 amide bonds. The van der Waals surface area contributed by atoms with Gasteiger partial charge in [-0.3, -0.25) is 4.79 Å². The Morgan fingerprint density at radius 3 is 2.70 bits per heavy atom. The summed E-state index contributed by atoms with van der Waals surface area (Å²) in [4.78, 5) is 23.0. The van der Waals surface area contributed by atoms with E-state index in [0.29, 0.717) is 27.7 Å². The highest BCUT2D eigenvalue weighted by molar-refractivity contribution is 6.34. The topological polar surface area (TPSA) is 72.2 Å². The first-order chi connectivity index (χ1) is 9.43. The Morgan fingerprint density at radius 1 is 1.40 bits per heavy atom.